The summed E-state index contributed by atoms with van der Waals surface area (Å²) in [5.41, 5.74) is -1.87. The number of ether oxygens (including phenoxy) is 2. The fourth-order valence-corrected chi connectivity index (χ4v) is 3.71. The number of Topliss-reactive ketones (excluding diaryl/α,β-unsaturated/α-hetero) is 1. The molecule has 0 spiro atoms. The minimum absolute atomic E-state index is 0.0982. The van der Waals surface area contributed by atoms with Crippen molar-refractivity contribution < 1.29 is 39.5 Å². The highest BCUT2D eigenvalue weighted by atomic mass is 16.6. The van der Waals surface area contributed by atoms with Crippen LogP contribution < -0.4 is 4.74 Å². The van der Waals surface area contributed by atoms with Crippen LogP contribution in [0.4, 0.5) is 0 Å². The first kappa shape index (κ1) is 16.8. The molecule has 0 aromatic heterocycles. The molecule has 0 fully saturated rings. The third-order valence-corrected chi connectivity index (χ3v) is 4.84. The number of carbonyl (C=O) groups is 2. The van der Waals surface area contributed by atoms with Gasteiger partial charge in [0.15, 0.2) is 17.3 Å². The molecule has 2 aromatic rings. The number of allylic oxidation sites excluding steroid dienone is 1. The third-order valence-electron chi connectivity index (χ3n) is 4.84. The summed E-state index contributed by atoms with van der Waals surface area (Å²) in [5, 5.41) is 39.6. The molecule has 0 amide bonds. The predicted molar refractivity (Wildman–Crippen MR) is 90.6 cm³/mol. The Morgan fingerprint density at radius 3 is 2.48 bits per heavy atom. The van der Waals surface area contributed by atoms with E-state index in [1.807, 2.05) is 0 Å². The normalized spacial score (nSPS) is 23.0. The lowest BCUT2D eigenvalue weighted by atomic mass is 9.80. The van der Waals surface area contributed by atoms with Gasteiger partial charge in [-0.05, 0) is 35.9 Å². The number of phenolic OH excluding ortho intramolecular Hbond substituents is 3. The van der Waals surface area contributed by atoms with Crippen LogP contribution in [0.5, 0.6) is 23.0 Å². The van der Waals surface area contributed by atoms with Crippen LogP contribution in [0.1, 0.15) is 17.0 Å². The minimum Gasteiger partial charge on any atom is -0.508 e. The van der Waals surface area contributed by atoms with Gasteiger partial charge in [-0.25, -0.2) is 4.79 Å². The van der Waals surface area contributed by atoms with Gasteiger partial charge in [-0.2, -0.15) is 0 Å². The molecule has 138 valence electrons. The molecule has 0 unspecified atom stereocenters. The van der Waals surface area contributed by atoms with Crippen LogP contribution >= 0.6 is 0 Å². The van der Waals surface area contributed by atoms with Crippen LogP contribution in [0.2, 0.25) is 0 Å². The van der Waals surface area contributed by atoms with Crippen molar-refractivity contribution in [3.8, 4) is 23.0 Å². The van der Waals surface area contributed by atoms with Gasteiger partial charge in [0.1, 0.15) is 17.4 Å². The molecule has 2 aliphatic rings. The van der Waals surface area contributed by atoms with E-state index < -0.39 is 40.5 Å². The second-order valence-corrected chi connectivity index (χ2v) is 6.28. The fourth-order valence-electron chi connectivity index (χ4n) is 3.71. The van der Waals surface area contributed by atoms with Gasteiger partial charge in [-0.15, -0.1) is 0 Å². The molecule has 0 bridgehead atoms. The third kappa shape index (κ3) is 2.03. The molecule has 4 rings (SSSR count). The van der Waals surface area contributed by atoms with Gasteiger partial charge < -0.3 is 29.9 Å². The van der Waals surface area contributed by atoms with Crippen molar-refractivity contribution in [1.82, 2.24) is 0 Å². The quantitative estimate of drug-likeness (QED) is 0.464. The van der Waals surface area contributed by atoms with E-state index in [1.54, 1.807) is 0 Å². The Balaban J connectivity index is 2.00. The van der Waals surface area contributed by atoms with E-state index in [-0.39, 0.29) is 28.2 Å². The van der Waals surface area contributed by atoms with Gasteiger partial charge in [-0.1, -0.05) is 6.07 Å². The van der Waals surface area contributed by atoms with E-state index in [1.165, 1.54) is 24.3 Å². The van der Waals surface area contributed by atoms with E-state index >= 15 is 0 Å². The Labute approximate surface area is 152 Å². The SMILES string of the molecule is COC(=O)[C@@]12Oc3ccc(O)cc3[C@H]1C(=O)C(O)=C2c1ccc(O)c(O)c1. The number of fused-ring (bicyclic) bond motifs is 3. The summed E-state index contributed by atoms with van der Waals surface area (Å²) < 4.78 is 10.7. The van der Waals surface area contributed by atoms with Gasteiger partial charge in [0, 0.05) is 5.56 Å². The highest BCUT2D eigenvalue weighted by Crippen LogP contribution is 2.58. The van der Waals surface area contributed by atoms with Crippen LogP contribution in [0.3, 0.4) is 0 Å². The first-order chi connectivity index (χ1) is 12.8. The van der Waals surface area contributed by atoms with Crippen LogP contribution in [-0.4, -0.2) is 44.9 Å². The number of methoxy groups -OCH3 is 1. The smallest absolute Gasteiger partial charge is 0.356 e. The Morgan fingerprint density at radius 2 is 1.81 bits per heavy atom. The first-order valence-electron chi connectivity index (χ1n) is 7.92. The zero-order valence-corrected chi connectivity index (χ0v) is 14.0. The Morgan fingerprint density at radius 1 is 1.07 bits per heavy atom. The Kier molecular flexibility index (Phi) is 3.36. The summed E-state index contributed by atoms with van der Waals surface area (Å²) in [7, 11) is 1.11. The second kappa shape index (κ2) is 5.41. The molecule has 1 aliphatic carbocycles. The number of phenols is 3. The maximum Gasteiger partial charge on any atom is 0.356 e. The number of aliphatic hydroxyl groups excluding tert-OH is 1. The number of benzene rings is 2. The van der Waals surface area contributed by atoms with Crippen molar-refractivity contribution in [3.63, 3.8) is 0 Å². The maximum absolute atomic E-state index is 12.8. The number of ketones is 1. The monoisotopic (exact) mass is 370 g/mol. The molecule has 8 heteroatoms. The number of aromatic hydroxyl groups is 3. The molecule has 0 saturated heterocycles. The molecule has 2 aromatic carbocycles. The first-order valence-corrected chi connectivity index (χ1v) is 7.92. The topological polar surface area (TPSA) is 134 Å². The molecular formula is C19H14O8. The predicted octanol–water partition coefficient (Wildman–Crippen LogP) is 1.74. The number of hydrogen-bond donors (Lipinski definition) is 4. The van der Waals surface area contributed by atoms with E-state index in [0.717, 1.165) is 19.2 Å². The summed E-state index contributed by atoms with van der Waals surface area (Å²) in [5.74, 6) is -4.56. The standard InChI is InChI=1S/C19H14O8/c1-26-18(25)19-14(8-2-4-11(21)12(22)6-8)16(23)17(24)15(19)10-7-9(20)3-5-13(10)27-19/h2-7,15,20-23H,1H3/t15-,19-/m0/s1. The average molecular weight is 370 g/mol. The minimum atomic E-state index is -2.02. The molecule has 0 radical (unpaired) electrons. The van der Waals surface area contributed by atoms with Crippen molar-refractivity contribution in [2.24, 2.45) is 0 Å². The van der Waals surface area contributed by atoms with Crippen LogP contribution in [-0.2, 0) is 14.3 Å². The number of aliphatic hydroxyl groups is 1. The number of hydrogen-bond acceptors (Lipinski definition) is 8. The Bertz CT molecular complexity index is 1040. The molecule has 8 nitrogen and oxygen atoms in total. The van der Waals surface area contributed by atoms with Crippen LogP contribution in [0.15, 0.2) is 42.2 Å². The summed E-state index contributed by atoms with van der Waals surface area (Å²) >= 11 is 0. The van der Waals surface area contributed by atoms with Gasteiger partial charge >= 0.3 is 5.97 Å². The van der Waals surface area contributed by atoms with E-state index in [4.69, 9.17) is 9.47 Å². The number of rotatable bonds is 2. The average Bonchev–Trinajstić information content (AvgIpc) is 3.08. The lowest BCUT2D eigenvalue weighted by molar-refractivity contribution is -0.154. The van der Waals surface area contributed by atoms with Crippen molar-refractivity contribution in [2.45, 2.75) is 11.5 Å². The van der Waals surface area contributed by atoms with E-state index in [2.05, 4.69) is 0 Å². The van der Waals surface area contributed by atoms with Gasteiger partial charge in [0.2, 0.25) is 11.4 Å². The summed E-state index contributed by atoms with van der Waals surface area (Å²) in [6, 6.07) is 7.61. The molecule has 4 N–H and O–H groups in total. The van der Waals surface area contributed by atoms with Gasteiger partial charge in [0.05, 0.1) is 12.7 Å². The summed E-state index contributed by atoms with van der Waals surface area (Å²) in [6.45, 7) is 0. The van der Waals surface area contributed by atoms with Gasteiger partial charge in [-0.3, -0.25) is 4.79 Å². The molecular weight excluding hydrogens is 356 g/mol. The maximum atomic E-state index is 12.8. The fraction of sp³-hybridized carbons (Fsp3) is 0.158. The summed E-state index contributed by atoms with van der Waals surface area (Å²) in [4.78, 5) is 25.6. The molecule has 2 atom stereocenters. The van der Waals surface area contributed by atoms with Crippen molar-refractivity contribution in [3.05, 3.63) is 53.3 Å². The number of esters is 1. The van der Waals surface area contributed by atoms with E-state index in [9.17, 15) is 30.0 Å². The molecule has 1 heterocycles. The highest BCUT2D eigenvalue weighted by Gasteiger charge is 2.67. The van der Waals surface area contributed by atoms with Crippen molar-refractivity contribution in [2.75, 3.05) is 7.11 Å². The lowest BCUT2D eigenvalue weighted by Gasteiger charge is -2.28. The molecule has 27 heavy (non-hydrogen) atoms. The van der Waals surface area contributed by atoms with E-state index in [0.29, 0.717) is 0 Å². The summed E-state index contributed by atoms with van der Waals surface area (Å²) in [6.07, 6.45) is 0. The molecule has 1 aliphatic heterocycles. The highest BCUT2D eigenvalue weighted by molar-refractivity contribution is 6.21. The zero-order chi connectivity index (χ0) is 19.5. The lowest BCUT2D eigenvalue weighted by Crippen LogP contribution is -2.47. The van der Waals surface area contributed by atoms with Gasteiger partial charge in [0.25, 0.3) is 0 Å². The van der Waals surface area contributed by atoms with Crippen molar-refractivity contribution in [1.29, 1.82) is 0 Å². The zero-order valence-electron chi connectivity index (χ0n) is 14.0. The second-order valence-electron chi connectivity index (χ2n) is 6.28. The number of carbonyl (C=O) groups excluding carboxylic acids is 2. The van der Waals surface area contributed by atoms with Crippen LogP contribution in [0.25, 0.3) is 5.57 Å². The van der Waals surface area contributed by atoms with Crippen LogP contribution in [0, 0.1) is 0 Å². The van der Waals surface area contributed by atoms with Crippen molar-refractivity contribution >= 4 is 17.3 Å². The largest absolute Gasteiger partial charge is 0.508 e. The Hall–Kier alpha value is -3.68. The molecule has 0 saturated carbocycles.